The van der Waals surface area contributed by atoms with Crippen molar-refractivity contribution in [3.8, 4) is 0 Å². The van der Waals surface area contributed by atoms with Gasteiger partial charge in [0.15, 0.2) is 0 Å². The van der Waals surface area contributed by atoms with Crippen molar-refractivity contribution in [1.29, 1.82) is 0 Å². The number of carbonyl (C=O) groups is 1. The zero-order chi connectivity index (χ0) is 13.1. The fourth-order valence-electron chi connectivity index (χ4n) is 2.18. The highest BCUT2D eigenvalue weighted by Crippen LogP contribution is 2.41. The molecule has 0 radical (unpaired) electrons. The lowest BCUT2D eigenvalue weighted by molar-refractivity contribution is -0.137. The van der Waals surface area contributed by atoms with Gasteiger partial charge in [0.25, 0.3) is 0 Å². The summed E-state index contributed by atoms with van der Waals surface area (Å²) in [7, 11) is 1.39. The summed E-state index contributed by atoms with van der Waals surface area (Å²) < 4.78 is 4.62. The number of esters is 1. The second kappa shape index (κ2) is 5.91. The lowest BCUT2D eigenvalue weighted by Crippen LogP contribution is -2.43. The van der Waals surface area contributed by atoms with E-state index >= 15 is 0 Å². The number of hydrogen-bond donors (Lipinski definition) is 1. The summed E-state index contributed by atoms with van der Waals surface area (Å²) in [6, 6.07) is 0. The van der Waals surface area contributed by atoms with Gasteiger partial charge >= 0.3 is 5.97 Å². The molecule has 0 spiro atoms. The predicted molar refractivity (Wildman–Crippen MR) is 71.0 cm³/mol. The van der Waals surface area contributed by atoms with Crippen molar-refractivity contribution in [2.45, 2.75) is 44.0 Å². The first-order valence-corrected chi connectivity index (χ1v) is 6.98. The van der Waals surface area contributed by atoms with E-state index in [0.29, 0.717) is 11.7 Å². The summed E-state index contributed by atoms with van der Waals surface area (Å²) in [5.41, 5.74) is 0.481. The molecule has 0 bridgehead atoms. The number of rotatable bonds is 4. The first kappa shape index (κ1) is 14.6. The lowest BCUT2D eigenvalue weighted by Gasteiger charge is -2.40. The van der Waals surface area contributed by atoms with Crippen LogP contribution in [-0.4, -0.2) is 34.8 Å². The van der Waals surface area contributed by atoms with Gasteiger partial charge < -0.3 is 9.84 Å². The van der Waals surface area contributed by atoms with Crippen LogP contribution in [0.1, 0.15) is 33.1 Å². The van der Waals surface area contributed by atoms with Crippen molar-refractivity contribution >= 4 is 17.7 Å². The summed E-state index contributed by atoms with van der Waals surface area (Å²) >= 11 is 1.49. The van der Waals surface area contributed by atoms with Crippen molar-refractivity contribution in [3.05, 3.63) is 12.2 Å². The molecule has 0 aromatic rings. The van der Waals surface area contributed by atoms with Gasteiger partial charge in [0.2, 0.25) is 0 Å². The molecule has 3 unspecified atom stereocenters. The van der Waals surface area contributed by atoms with Crippen molar-refractivity contribution in [3.63, 3.8) is 0 Å². The standard InChI is InChI=1S/C13H22O3S/c1-9(2)10-5-6-13(3,15)11(7-10)17-8-12(14)16-4/h10-11,15H,1,5-8H2,2-4H3. The Morgan fingerprint density at radius 3 is 2.82 bits per heavy atom. The first-order chi connectivity index (χ1) is 7.86. The maximum Gasteiger partial charge on any atom is 0.315 e. The van der Waals surface area contributed by atoms with Crippen LogP contribution in [0.15, 0.2) is 12.2 Å². The van der Waals surface area contributed by atoms with Crippen LogP contribution in [0.2, 0.25) is 0 Å². The van der Waals surface area contributed by atoms with Gasteiger partial charge in [-0.3, -0.25) is 4.79 Å². The number of carbonyl (C=O) groups excluding carboxylic acids is 1. The quantitative estimate of drug-likeness (QED) is 0.621. The normalized spacial score (nSPS) is 33.2. The average Bonchev–Trinajstić information content (AvgIpc) is 2.26. The largest absolute Gasteiger partial charge is 0.468 e. The highest BCUT2D eigenvalue weighted by atomic mass is 32.2. The zero-order valence-corrected chi connectivity index (χ0v) is 11.7. The maximum atomic E-state index is 11.1. The summed E-state index contributed by atoms with van der Waals surface area (Å²) in [4.78, 5) is 11.1. The van der Waals surface area contributed by atoms with E-state index in [2.05, 4.69) is 11.3 Å². The second-order valence-electron chi connectivity index (χ2n) is 5.05. The van der Waals surface area contributed by atoms with Crippen molar-refractivity contribution in [2.24, 2.45) is 5.92 Å². The topological polar surface area (TPSA) is 46.5 Å². The Labute approximate surface area is 108 Å². The summed E-state index contributed by atoms with van der Waals surface area (Å²) in [6.07, 6.45) is 2.64. The van der Waals surface area contributed by atoms with E-state index in [-0.39, 0.29) is 11.2 Å². The highest BCUT2D eigenvalue weighted by molar-refractivity contribution is 8.00. The molecule has 0 saturated heterocycles. The molecule has 1 saturated carbocycles. The molecule has 1 rings (SSSR count). The zero-order valence-electron chi connectivity index (χ0n) is 10.9. The van der Waals surface area contributed by atoms with E-state index in [0.717, 1.165) is 19.3 Å². The van der Waals surface area contributed by atoms with Gasteiger partial charge in [0.05, 0.1) is 18.5 Å². The molecule has 0 aromatic carbocycles. The van der Waals surface area contributed by atoms with Crippen LogP contribution in [0, 0.1) is 5.92 Å². The van der Waals surface area contributed by atoms with E-state index in [9.17, 15) is 9.90 Å². The molecule has 0 aliphatic heterocycles. The van der Waals surface area contributed by atoms with E-state index in [1.54, 1.807) is 0 Å². The molecular weight excluding hydrogens is 236 g/mol. The van der Waals surface area contributed by atoms with E-state index in [4.69, 9.17) is 0 Å². The van der Waals surface area contributed by atoms with Crippen LogP contribution >= 0.6 is 11.8 Å². The number of ether oxygens (including phenoxy) is 1. The third-order valence-electron chi connectivity index (χ3n) is 3.52. The fraction of sp³-hybridized carbons (Fsp3) is 0.769. The van der Waals surface area contributed by atoms with Crippen molar-refractivity contribution < 1.29 is 14.6 Å². The number of thioether (sulfide) groups is 1. The number of allylic oxidation sites excluding steroid dienone is 1. The molecule has 1 N–H and O–H groups in total. The molecular formula is C13H22O3S. The molecule has 98 valence electrons. The molecule has 0 aromatic heterocycles. The Morgan fingerprint density at radius 2 is 2.29 bits per heavy atom. The minimum absolute atomic E-state index is 0.0806. The van der Waals surface area contributed by atoms with Crippen LogP contribution in [-0.2, 0) is 9.53 Å². The molecule has 3 atom stereocenters. The van der Waals surface area contributed by atoms with Gasteiger partial charge in [-0.2, -0.15) is 0 Å². The molecule has 0 amide bonds. The Balaban J connectivity index is 2.58. The van der Waals surface area contributed by atoms with Crippen molar-refractivity contribution in [1.82, 2.24) is 0 Å². The van der Waals surface area contributed by atoms with Crippen molar-refractivity contribution in [2.75, 3.05) is 12.9 Å². The Bertz CT molecular complexity index is 299. The van der Waals surface area contributed by atoms with Gasteiger partial charge in [-0.05, 0) is 39.0 Å². The maximum absolute atomic E-state index is 11.1. The molecule has 17 heavy (non-hydrogen) atoms. The molecule has 0 heterocycles. The summed E-state index contributed by atoms with van der Waals surface area (Å²) in [6.45, 7) is 7.88. The smallest absolute Gasteiger partial charge is 0.315 e. The van der Waals surface area contributed by atoms with Gasteiger partial charge in [-0.15, -0.1) is 11.8 Å². The summed E-state index contributed by atoms with van der Waals surface area (Å²) in [5.74, 6) is 0.536. The minimum Gasteiger partial charge on any atom is -0.468 e. The highest BCUT2D eigenvalue weighted by Gasteiger charge is 2.39. The van der Waals surface area contributed by atoms with E-state index in [1.807, 2.05) is 13.8 Å². The van der Waals surface area contributed by atoms with Gasteiger partial charge in [0.1, 0.15) is 0 Å². The fourth-order valence-corrected chi connectivity index (χ4v) is 3.48. The Kier molecular flexibility index (Phi) is 5.07. The molecule has 1 aliphatic rings. The van der Waals surface area contributed by atoms with E-state index in [1.165, 1.54) is 24.4 Å². The molecule has 1 fully saturated rings. The average molecular weight is 258 g/mol. The monoisotopic (exact) mass is 258 g/mol. The van der Waals surface area contributed by atoms with Gasteiger partial charge in [-0.1, -0.05) is 12.2 Å². The number of aliphatic hydroxyl groups is 1. The first-order valence-electron chi connectivity index (χ1n) is 5.93. The lowest BCUT2D eigenvalue weighted by atomic mass is 9.77. The third kappa shape index (κ3) is 4.03. The van der Waals surface area contributed by atoms with Crippen LogP contribution in [0.3, 0.4) is 0 Å². The van der Waals surface area contributed by atoms with Crippen LogP contribution < -0.4 is 0 Å². The SMILES string of the molecule is C=C(C)C1CCC(C)(O)C(SCC(=O)OC)C1. The number of hydrogen-bond acceptors (Lipinski definition) is 4. The molecule has 3 nitrogen and oxygen atoms in total. The van der Waals surface area contributed by atoms with Crippen LogP contribution in [0.5, 0.6) is 0 Å². The van der Waals surface area contributed by atoms with Gasteiger partial charge in [-0.25, -0.2) is 0 Å². The molecule has 1 aliphatic carbocycles. The Hall–Kier alpha value is -0.480. The summed E-state index contributed by atoms with van der Waals surface area (Å²) in [5, 5.41) is 10.4. The Morgan fingerprint density at radius 1 is 1.65 bits per heavy atom. The van der Waals surface area contributed by atoms with Gasteiger partial charge in [0, 0.05) is 5.25 Å². The van der Waals surface area contributed by atoms with Crippen LogP contribution in [0.25, 0.3) is 0 Å². The number of methoxy groups -OCH3 is 1. The molecule has 4 heteroatoms. The van der Waals surface area contributed by atoms with Crippen LogP contribution in [0.4, 0.5) is 0 Å². The second-order valence-corrected chi connectivity index (χ2v) is 6.24. The predicted octanol–water partition coefficient (Wildman–Crippen LogP) is 2.39. The van der Waals surface area contributed by atoms with E-state index < -0.39 is 5.60 Å². The third-order valence-corrected chi connectivity index (χ3v) is 5.02. The minimum atomic E-state index is -0.690.